The smallest absolute Gasteiger partial charge is 0.430 e. The molecule has 0 aliphatic rings. The number of amides is 2. The maximum atomic E-state index is 12.8. The molecule has 0 spiro atoms. The van der Waals surface area contributed by atoms with E-state index in [1.807, 2.05) is 30.7 Å². The number of carboxylic acids is 1. The zero-order chi connectivity index (χ0) is 35.9. The van der Waals surface area contributed by atoms with Gasteiger partial charge in [0.1, 0.15) is 29.7 Å². The van der Waals surface area contributed by atoms with E-state index in [0.29, 0.717) is 18.0 Å². The number of anilines is 2. The lowest BCUT2D eigenvalue weighted by molar-refractivity contribution is -0.654. The number of aromatic nitrogens is 5. The summed E-state index contributed by atoms with van der Waals surface area (Å²) >= 11 is 5.93. The van der Waals surface area contributed by atoms with Gasteiger partial charge in [0.2, 0.25) is 0 Å². The fraction of sp³-hybridized carbons (Fsp3) is 0.345. The Morgan fingerprint density at radius 2 is 1.81 bits per heavy atom. The van der Waals surface area contributed by atoms with Gasteiger partial charge in [0.05, 0.1) is 20.1 Å². The Labute approximate surface area is 276 Å². The molecule has 15 nitrogen and oxygen atoms in total. The van der Waals surface area contributed by atoms with E-state index < -0.39 is 18.1 Å². The molecular formula is C29H33ClF3N9O6. The van der Waals surface area contributed by atoms with E-state index in [2.05, 4.69) is 31.8 Å². The number of rotatable bonds is 10. The molecule has 3 aromatic heterocycles. The third kappa shape index (κ3) is 9.11. The topological polar surface area (TPSA) is 219 Å². The maximum absolute atomic E-state index is 12.8. The number of carboxylic acid groups (broad SMARTS) is 1. The number of imidazole rings is 1. The van der Waals surface area contributed by atoms with Crippen LogP contribution < -0.4 is 31.2 Å². The predicted molar refractivity (Wildman–Crippen MR) is 164 cm³/mol. The van der Waals surface area contributed by atoms with Crippen molar-refractivity contribution in [1.82, 2.24) is 29.7 Å². The highest BCUT2D eigenvalue weighted by Gasteiger charge is 2.29. The van der Waals surface area contributed by atoms with Crippen molar-refractivity contribution in [3.05, 3.63) is 58.4 Å². The summed E-state index contributed by atoms with van der Waals surface area (Å²) in [6.45, 7) is 4.68. The number of benzene rings is 1. The molecule has 48 heavy (non-hydrogen) atoms. The van der Waals surface area contributed by atoms with E-state index in [1.54, 1.807) is 25.2 Å². The van der Waals surface area contributed by atoms with Crippen LogP contribution in [0.3, 0.4) is 0 Å². The van der Waals surface area contributed by atoms with Crippen LogP contribution in [0.25, 0.3) is 11.0 Å². The van der Waals surface area contributed by atoms with Gasteiger partial charge in [-0.05, 0) is 37.6 Å². The number of ether oxygens (including phenoxy) is 1. The van der Waals surface area contributed by atoms with E-state index in [1.165, 1.54) is 4.90 Å². The summed E-state index contributed by atoms with van der Waals surface area (Å²) in [6.07, 6.45) is -4.36. The fourth-order valence-electron chi connectivity index (χ4n) is 4.38. The van der Waals surface area contributed by atoms with Crippen molar-refractivity contribution in [2.45, 2.75) is 46.1 Å². The first kappa shape index (κ1) is 37.1. The lowest BCUT2D eigenvalue weighted by atomic mass is 10.2. The number of aryl methyl sites for hydroxylation is 3. The third-order valence-electron chi connectivity index (χ3n) is 6.77. The molecule has 0 aliphatic carbocycles. The summed E-state index contributed by atoms with van der Waals surface area (Å²) in [5.74, 6) is -2.61. The van der Waals surface area contributed by atoms with Gasteiger partial charge in [0.15, 0.2) is 40.1 Å². The zero-order valence-corrected chi connectivity index (χ0v) is 27.0. The number of likely N-dealkylation sites (N-methyl/N-ethyl adjacent to an activating group) is 1. The minimum atomic E-state index is -5.19. The van der Waals surface area contributed by atoms with Crippen LogP contribution >= 0.6 is 11.6 Å². The van der Waals surface area contributed by atoms with Gasteiger partial charge >= 0.3 is 6.18 Å². The van der Waals surface area contributed by atoms with Gasteiger partial charge in [-0.25, -0.2) is 19.1 Å². The van der Waals surface area contributed by atoms with Crippen LogP contribution in [-0.2, 0) is 36.3 Å². The molecule has 0 fully saturated rings. The van der Waals surface area contributed by atoms with E-state index in [0.717, 1.165) is 29.0 Å². The number of nitrogens with one attached hydrogen (secondary N) is 1. The quantitative estimate of drug-likeness (QED) is 0.173. The summed E-state index contributed by atoms with van der Waals surface area (Å²) in [5, 5.41) is 21.6. The van der Waals surface area contributed by atoms with Gasteiger partial charge in [-0.15, -0.1) is 0 Å². The maximum Gasteiger partial charge on any atom is 0.430 e. The lowest BCUT2D eigenvalue weighted by Crippen LogP contribution is -2.38. The first-order valence-electron chi connectivity index (χ1n) is 14.1. The Morgan fingerprint density at radius 3 is 2.44 bits per heavy atom. The van der Waals surface area contributed by atoms with Crippen LogP contribution in [0.15, 0.2) is 30.3 Å². The number of hydrogen-bond donors (Lipinski definition) is 4. The van der Waals surface area contributed by atoms with Crippen LogP contribution in [-0.4, -0.2) is 67.1 Å². The molecule has 258 valence electrons. The molecule has 1 aromatic carbocycles. The highest BCUT2D eigenvalue weighted by atomic mass is 35.5. The molecule has 19 heteroatoms. The summed E-state index contributed by atoms with van der Waals surface area (Å²) in [6, 6.07) is 8.81. The SMILES string of the molecule is CCCn1c(CNC(=O)c2nc(Cl)c(N)nc2N)[n+](C)c2ccc(OCC(=O)N(C)Cc3nc(C)ccc3O)cc21.O=C([O-])C(F)(F)F. The largest absolute Gasteiger partial charge is 0.542 e. The number of pyridine rings is 1. The van der Waals surface area contributed by atoms with Gasteiger partial charge in [0.25, 0.3) is 17.6 Å². The first-order valence-corrected chi connectivity index (χ1v) is 14.5. The average Bonchev–Trinajstić information content (AvgIpc) is 3.27. The molecule has 4 aromatic rings. The van der Waals surface area contributed by atoms with E-state index in [9.17, 15) is 27.9 Å². The molecular weight excluding hydrogens is 663 g/mol. The summed E-state index contributed by atoms with van der Waals surface area (Å²) in [5.41, 5.74) is 14.3. The number of aromatic hydroxyl groups is 1. The number of nitrogens with zero attached hydrogens (tertiary/aromatic N) is 6. The Bertz CT molecular complexity index is 1830. The Kier molecular flexibility index (Phi) is 11.9. The van der Waals surface area contributed by atoms with E-state index in [4.69, 9.17) is 37.7 Å². The first-order chi connectivity index (χ1) is 22.4. The van der Waals surface area contributed by atoms with Crippen molar-refractivity contribution in [3.63, 3.8) is 0 Å². The number of carbonyl (C=O) groups is 3. The number of nitrogens with two attached hydrogens (primary N) is 2. The van der Waals surface area contributed by atoms with Crippen molar-refractivity contribution in [3.8, 4) is 11.5 Å². The second-order valence-electron chi connectivity index (χ2n) is 10.3. The molecule has 6 N–H and O–H groups in total. The van der Waals surface area contributed by atoms with Crippen molar-refractivity contribution in [2.75, 3.05) is 25.1 Å². The van der Waals surface area contributed by atoms with Crippen LogP contribution in [0.1, 0.15) is 41.0 Å². The fourth-order valence-corrected chi connectivity index (χ4v) is 4.51. The average molecular weight is 696 g/mol. The van der Waals surface area contributed by atoms with Crippen LogP contribution in [0.2, 0.25) is 5.15 Å². The Hall–Kier alpha value is -5.39. The summed E-state index contributed by atoms with van der Waals surface area (Å²) in [7, 11) is 3.53. The standard InChI is InChI=1S/C27H32ClN9O4.C2HF3O2/c1-5-10-37-19-11-16(41-14-22(39)35(3)13-17-20(38)9-6-15(2)32-17)7-8-18(19)36(4)21(37)12-31-27(40)23-25(29)34-26(30)24(28)33-23;3-2(4,5)1(6)7/h6-9,11H,5,10,12-14H2,1-4H3,(H5-,29,30,31,34,38,40);(H,6,7). The highest BCUT2D eigenvalue weighted by molar-refractivity contribution is 6.31. The third-order valence-corrected chi connectivity index (χ3v) is 7.05. The number of nitrogen functional groups attached to an aromatic ring is 2. The summed E-state index contributed by atoms with van der Waals surface area (Å²) < 4.78 is 41.4. The number of fused-ring (bicyclic) bond motifs is 1. The molecule has 0 bridgehead atoms. The van der Waals surface area contributed by atoms with E-state index in [-0.39, 0.29) is 53.8 Å². The van der Waals surface area contributed by atoms with Gasteiger partial charge in [-0.3, -0.25) is 14.6 Å². The van der Waals surface area contributed by atoms with Crippen molar-refractivity contribution in [2.24, 2.45) is 7.05 Å². The minimum Gasteiger partial charge on any atom is -0.542 e. The van der Waals surface area contributed by atoms with Gasteiger partial charge in [0, 0.05) is 18.8 Å². The monoisotopic (exact) mass is 695 g/mol. The van der Waals surface area contributed by atoms with Crippen molar-refractivity contribution < 1.29 is 47.1 Å². The highest BCUT2D eigenvalue weighted by Crippen LogP contribution is 2.23. The molecule has 4 rings (SSSR count). The molecule has 3 heterocycles. The zero-order valence-electron chi connectivity index (χ0n) is 26.3. The van der Waals surface area contributed by atoms with Crippen LogP contribution in [0, 0.1) is 6.92 Å². The molecule has 2 amide bonds. The molecule has 0 saturated carbocycles. The predicted octanol–water partition coefficient (Wildman–Crippen LogP) is 1.16. The Morgan fingerprint density at radius 1 is 1.15 bits per heavy atom. The number of alkyl halides is 3. The second kappa shape index (κ2) is 15.5. The molecule has 0 atom stereocenters. The molecule has 0 radical (unpaired) electrons. The Balaban J connectivity index is 0.000000804. The number of hydrogen-bond acceptors (Lipinski definition) is 11. The van der Waals surface area contributed by atoms with Gasteiger partial charge < -0.3 is 41.4 Å². The van der Waals surface area contributed by atoms with Crippen molar-refractivity contribution >= 4 is 52.1 Å². The van der Waals surface area contributed by atoms with Crippen LogP contribution in [0.5, 0.6) is 11.5 Å². The number of carbonyl (C=O) groups excluding carboxylic acids is 3. The van der Waals surface area contributed by atoms with Gasteiger partial charge in [-0.1, -0.05) is 18.5 Å². The van der Waals surface area contributed by atoms with E-state index >= 15 is 0 Å². The minimum absolute atomic E-state index is 0.0341. The number of halogens is 4. The molecule has 0 unspecified atom stereocenters. The summed E-state index contributed by atoms with van der Waals surface area (Å²) in [4.78, 5) is 47.9. The normalized spacial score (nSPS) is 11.1. The molecule has 0 aliphatic heterocycles. The second-order valence-corrected chi connectivity index (χ2v) is 10.7. The molecule has 0 saturated heterocycles. The number of aliphatic carboxylic acids is 1. The lowest BCUT2D eigenvalue weighted by Gasteiger charge is -2.18. The van der Waals surface area contributed by atoms with Crippen molar-refractivity contribution in [1.29, 1.82) is 0 Å². The van der Waals surface area contributed by atoms with Gasteiger partial charge in [-0.2, -0.15) is 13.2 Å². The van der Waals surface area contributed by atoms with Crippen LogP contribution in [0.4, 0.5) is 24.8 Å².